The first kappa shape index (κ1) is 21.1. The van der Waals surface area contributed by atoms with Crippen molar-refractivity contribution in [2.45, 2.75) is 22.7 Å². The quantitative estimate of drug-likeness (QED) is 0.339. The van der Waals surface area contributed by atoms with Gasteiger partial charge in [-0.3, -0.25) is 4.98 Å². The van der Waals surface area contributed by atoms with Crippen molar-refractivity contribution < 1.29 is 13.9 Å². The number of ether oxygens (including phenoxy) is 2. The maximum Gasteiger partial charge on any atom is 0.166 e. The van der Waals surface area contributed by atoms with Crippen LogP contribution in [-0.4, -0.2) is 53.8 Å². The van der Waals surface area contributed by atoms with Crippen molar-refractivity contribution in [3.63, 3.8) is 0 Å². The van der Waals surface area contributed by atoms with E-state index in [-0.39, 0.29) is 6.61 Å². The van der Waals surface area contributed by atoms with Crippen molar-refractivity contribution in [3.05, 3.63) is 47.8 Å². The Labute approximate surface area is 172 Å². The van der Waals surface area contributed by atoms with Gasteiger partial charge in [0, 0.05) is 22.6 Å². The van der Waals surface area contributed by atoms with Gasteiger partial charge in [0.2, 0.25) is 0 Å². The minimum absolute atomic E-state index is 0.142. The molecule has 0 fully saturated rings. The second kappa shape index (κ2) is 11.4. The summed E-state index contributed by atoms with van der Waals surface area (Å²) in [6.45, 7) is 3.36. The predicted octanol–water partition coefficient (Wildman–Crippen LogP) is 4.65. The second-order valence-corrected chi connectivity index (χ2v) is 8.09. The highest BCUT2D eigenvalue weighted by molar-refractivity contribution is 7.99. The standard InChI is InChI=1S/C20H24FN3O2S2/c1-15-18(14-28-20-23-16-4-2-3-5-17(16)24-20)22-8-6-19(15)27-13-12-26-11-10-25-9-7-21/h2-6,8H,7,9-14H2,1H3,(H,23,24). The Morgan fingerprint density at radius 2 is 1.86 bits per heavy atom. The lowest BCUT2D eigenvalue weighted by atomic mass is 10.2. The molecule has 0 saturated heterocycles. The van der Waals surface area contributed by atoms with Gasteiger partial charge in [-0.15, -0.1) is 11.8 Å². The predicted molar refractivity (Wildman–Crippen MR) is 113 cm³/mol. The number of nitrogens with zero attached hydrogens (tertiary/aromatic N) is 2. The van der Waals surface area contributed by atoms with Gasteiger partial charge in [0.15, 0.2) is 5.16 Å². The van der Waals surface area contributed by atoms with Crippen LogP contribution >= 0.6 is 23.5 Å². The normalized spacial score (nSPS) is 11.4. The van der Waals surface area contributed by atoms with Crippen LogP contribution in [0, 0.1) is 6.92 Å². The molecule has 8 heteroatoms. The molecular formula is C20H24FN3O2S2. The molecule has 28 heavy (non-hydrogen) atoms. The van der Waals surface area contributed by atoms with E-state index in [2.05, 4.69) is 21.9 Å². The van der Waals surface area contributed by atoms with E-state index in [0.717, 1.165) is 33.4 Å². The number of imidazole rings is 1. The average molecular weight is 422 g/mol. The molecule has 0 unspecified atom stereocenters. The number of nitrogens with one attached hydrogen (secondary N) is 1. The van der Waals surface area contributed by atoms with E-state index in [9.17, 15) is 4.39 Å². The summed E-state index contributed by atoms with van der Waals surface area (Å²) >= 11 is 3.42. The van der Waals surface area contributed by atoms with Gasteiger partial charge in [0.1, 0.15) is 6.67 Å². The van der Waals surface area contributed by atoms with Crippen molar-refractivity contribution in [2.75, 3.05) is 38.9 Å². The van der Waals surface area contributed by atoms with Crippen LogP contribution < -0.4 is 0 Å². The van der Waals surface area contributed by atoms with Crippen molar-refractivity contribution in [3.8, 4) is 0 Å². The highest BCUT2D eigenvalue weighted by Gasteiger charge is 2.09. The number of aromatic nitrogens is 3. The first-order chi connectivity index (χ1) is 13.8. The van der Waals surface area contributed by atoms with E-state index >= 15 is 0 Å². The lowest BCUT2D eigenvalue weighted by Crippen LogP contribution is -2.08. The third-order valence-electron chi connectivity index (χ3n) is 4.05. The highest BCUT2D eigenvalue weighted by Crippen LogP contribution is 2.28. The summed E-state index contributed by atoms with van der Waals surface area (Å²) in [5.41, 5.74) is 4.29. The monoisotopic (exact) mass is 421 g/mol. The summed E-state index contributed by atoms with van der Waals surface area (Å²) in [5, 5.41) is 0.906. The summed E-state index contributed by atoms with van der Waals surface area (Å²) < 4.78 is 22.4. The molecule has 2 aromatic heterocycles. The van der Waals surface area contributed by atoms with E-state index in [4.69, 9.17) is 9.47 Å². The minimum Gasteiger partial charge on any atom is -0.378 e. The molecule has 0 bridgehead atoms. The molecule has 1 N–H and O–H groups in total. The molecule has 0 aliphatic rings. The summed E-state index contributed by atoms with van der Waals surface area (Å²) in [4.78, 5) is 13.7. The van der Waals surface area contributed by atoms with Gasteiger partial charge in [-0.2, -0.15) is 0 Å². The molecule has 0 radical (unpaired) electrons. The molecule has 1 aromatic carbocycles. The molecule has 0 amide bonds. The molecule has 3 aromatic rings. The van der Waals surface area contributed by atoms with Crippen molar-refractivity contribution in [1.29, 1.82) is 0 Å². The van der Waals surface area contributed by atoms with Crippen LogP contribution in [0.2, 0.25) is 0 Å². The largest absolute Gasteiger partial charge is 0.378 e. The Kier molecular flexibility index (Phi) is 8.60. The number of H-pyrrole nitrogens is 1. The fourth-order valence-electron chi connectivity index (χ4n) is 2.58. The summed E-state index contributed by atoms with van der Waals surface area (Å²) in [7, 11) is 0. The van der Waals surface area contributed by atoms with Gasteiger partial charge < -0.3 is 14.5 Å². The molecule has 0 atom stereocenters. The molecule has 5 nitrogen and oxygen atoms in total. The fraction of sp³-hybridized carbons (Fsp3) is 0.400. The summed E-state index contributed by atoms with van der Waals surface area (Å²) in [6, 6.07) is 10.1. The number of thioether (sulfide) groups is 2. The lowest BCUT2D eigenvalue weighted by molar-refractivity contribution is 0.0484. The van der Waals surface area contributed by atoms with E-state index in [1.807, 2.05) is 36.5 Å². The van der Waals surface area contributed by atoms with Crippen LogP contribution in [0.3, 0.4) is 0 Å². The molecule has 0 aliphatic carbocycles. The zero-order chi connectivity index (χ0) is 19.6. The van der Waals surface area contributed by atoms with Crippen molar-refractivity contribution >= 4 is 34.6 Å². The van der Waals surface area contributed by atoms with E-state index < -0.39 is 6.67 Å². The number of halogens is 1. The van der Waals surface area contributed by atoms with Crippen LogP contribution in [0.4, 0.5) is 4.39 Å². The topological polar surface area (TPSA) is 60.0 Å². The number of benzene rings is 1. The van der Waals surface area contributed by atoms with Gasteiger partial charge in [0.25, 0.3) is 0 Å². The molecule has 0 saturated carbocycles. The third-order valence-corrected chi connectivity index (χ3v) is 6.06. The molecular weight excluding hydrogens is 397 g/mol. The van der Waals surface area contributed by atoms with Crippen LogP contribution in [-0.2, 0) is 15.2 Å². The molecule has 0 aliphatic heterocycles. The van der Waals surface area contributed by atoms with Gasteiger partial charge in [-0.1, -0.05) is 23.9 Å². The highest BCUT2D eigenvalue weighted by atomic mass is 32.2. The molecule has 3 rings (SSSR count). The average Bonchev–Trinajstić information content (AvgIpc) is 3.13. The Morgan fingerprint density at radius 3 is 2.68 bits per heavy atom. The number of pyridine rings is 1. The van der Waals surface area contributed by atoms with Gasteiger partial charge in [-0.25, -0.2) is 9.37 Å². The van der Waals surface area contributed by atoms with Crippen molar-refractivity contribution in [1.82, 2.24) is 15.0 Å². The number of hydrogen-bond donors (Lipinski definition) is 1. The molecule has 150 valence electrons. The van der Waals surface area contributed by atoms with Gasteiger partial charge in [0.05, 0.1) is 43.2 Å². The number of para-hydroxylation sites is 2. The summed E-state index contributed by atoms with van der Waals surface area (Å²) in [6.07, 6.45) is 1.86. The van der Waals surface area contributed by atoms with E-state index in [1.54, 1.807) is 23.5 Å². The number of hydrogen-bond acceptors (Lipinski definition) is 6. The first-order valence-corrected chi connectivity index (χ1v) is 11.1. The summed E-state index contributed by atoms with van der Waals surface area (Å²) in [5.74, 6) is 1.62. The van der Waals surface area contributed by atoms with Gasteiger partial charge >= 0.3 is 0 Å². The van der Waals surface area contributed by atoms with Crippen LogP contribution in [0.25, 0.3) is 11.0 Å². The number of rotatable bonds is 12. The van der Waals surface area contributed by atoms with Gasteiger partial charge in [-0.05, 0) is 30.7 Å². The Balaban J connectivity index is 1.46. The van der Waals surface area contributed by atoms with Crippen LogP contribution in [0.5, 0.6) is 0 Å². The maximum atomic E-state index is 11.9. The Morgan fingerprint density at radius 1 is 1.04 bits per heavy atom. The minimum atomic E-state index is -0.450. The first-order valence-electron chi connectivity index (χ1n) is 9.14. The van der Waals surface area contributed by atoms with E-state index in [1.165, 1.54) is 10.5 Å². The fourth-order valence-corrected chi connectivity index (χ4v) is 4.40. The maximum absolute atomic E-state index is 11.9. The van der Waals surface area contributed by atoms with Crippen molar-refractivity contribution in [2.24, 2.45) is 0 Å². The van der Waals surface area contributed by atoms with Crippen LogP contribution in [0.15, 0.2) is 46.6 Å². The molecule has 2 heterocycles. The number of aromatic amines is 1. The Hall–Kier alpha value is -1.61. The Bertz CT molecular complexity index is 843. The lowest BCUT2D eigenvalue weighted by Gasteiger charge is -2.10. The number of fused-ring (bicyclic) bond motifs is 1. The second-order valence-electron chi connectivity index (χ2n) is 5.99. The smallest absolute Gasteiger partial charge is 0.166 e. The van der Waals surface area contributed by atoms with Crippen LogP contribution in [0.1, 0.15) is 11.3 Å². The van der Waals surface area contributed by atoms with E-state index in [0.29, 0.717) is 19.8 Å². The SMILES string of the molecule is Cc1c(SCCOCCOCCF)ccnc1CSc1nc2ccccc2[nH]1. The number of alkyl halides is 1. The molecule has 0 spiro atoms. The zero-order valence-corrected chi connectivity index (χ0v) is 17.5. The zero-order valence-electron chi connectivity index (χ0n) is 15.8. The third kappa shape index (κ3) is 6.20.